The SMILES string of the molecule is CCOc1ccc2c(=O)c3c(oc2c1)C(=O)N(c1nnc(CC)s1)C3c1ccc(C(=O)OC)cc1. The molecule has 4 aromatic rings. The van der Waals surface area contributed by atoms with Gasteiger partial charge in [-0.1, -0.05) is 30.4 Å². The van der Waals surface area contributed by atoms with Crippen molar-refractivity contribution < 1.29 is 23.5 Å². The maximum Gasteiger partial charge on any atom is 0.337 e. The molecule has 178 valence electrons. The zero-order valence-corrected chi connectivity index (χ0v) is 20.0. The largest absolute Gasteiger partial charge is 0.494 e. The van der Waals surface area contributed by atoms with Gasteiger partial charge in [-0.25, -0.2) is 4.79 Å². The van der Waals surface area contributed by atoms with Crippen LogP contribution in [-0.2, 0) is 11.2 Å². The summed E-state index contributed by atoms with van der Waals surface area (Å²) in [6.07, 6.45) is 0.659. The Balaban J connectivity index is 1.72. The number of hydrogen-bond donors (Lipinski definition) is 0. The van der Waals surface area contributed by atoms with Crippen molar-refractivity contribution in [1.29, 1.82) is 0 Å². The predicted molar refractivity (Wildman–Crippen MR) is 129 cm³/mol. The second-order valence-electron chi connectivity index (χ2n) is 7.79. The van der Waals surface area contributed by atoms with Crippen molar-refractivity contribution in [3.8, 4) is 5.75 Å². The highest BCUT2D eigenvalue weighted by Gasteiger charge is 2.45. The smallest absolute Gasteiger partial charge is 0.337 e. The van der Waals surface area contributed by atoms with Crippen LogP contribution in [0.15, 0.2) is 51.7 Å². The van der Waals surface area contributed by atoms with Gasteiger partial charge in [0.05, 0.1) is 36.3 Å². The monoisotopic (exact) mass is 491 g/mol. The number of aromatic nitrogens is 2. The van der Waals surface area contributed by atoms with Crippen molar-refractivity contribution in [3.05, 3.63) is 80.1 Å². The first-order valence-corrected chi connectivity index (χ1v) is 11.9. The third kappa shape index (κ3) is 3.75. The Kier molecular flexibility index (Phi) is 5.81. The van der Waals surface area contributed by atoms with E-state index in [9.17, 15) is 14.4 Å². The van der Waals surface area contributed by atoms with Crippen molar-refractivity contribution in [3.63, 3.8) is 0 Å². The molecule has 0 fully saturated rings. The van der Waals surface area contributed by atoms with Gasteiger partial charge < -0.3 is 13.9 Å². The first-order chi connectivity index (χ1) is 17.0. The molecule has 3 heterocycles. The summed E-state index contributed by atoms with van der Waals surface area (Å²) in [6.45, 7) is 4.25. The summed E-state index contributed by atoms with van der Waals surface area (Å²) < 4.78 is 16.3. The van der Waals surface area contributed by atoms with E-state index in [0.29, 0.717) is 40.4 Å². The topological polar surface area (TPSA) is 112 Å². The summed E-state index contributed by atoms with van der Waals surface area (Å²) >= 11 is 1.28. The maximum atomic E-state index is 13.7. The third-order valence-corrected chi connectivity index (χ3v) is 6.83. The van der Waals surface area contributed by atoms with Crippen LogP contribution in [-0.4, -0.2) is 35.8 Å². The number of amides is 1. The molecule has 9 nitrogen and oxygen atoms in total. The van der Waals surface area contributed by atoms with Crippen LogP contribution in [0.2, 0.25) is 0 Å². The number of aryl methyl sites for hydroxylation is 1. The number of fused-ring (bicyclic) bond motifs is 2. The molecule has 10 heteroatoms. The predicted octanol–water partition coefficient (Wildman–Crippen LogP) is 4.14. The fraction of sp³-hybridized carbons (Fsp3) is 0.240. The Hall–Kier alpha value is -4.05. The van der Waals surface area contributed by atoms with E-state index in [1.54, 1.807) is 42.5 Å². The number of esters is 1. The van der Waals surface area contributed by atoms with E-state index in [1.165, 1.54) is 23.3 Å². The lowest BCUT2D eigenvalue weighted by Crippen LogP contribution is -2.29. The van der Waals surface area contributed by atoms with E-state index >= 15 is 0 Å². The van der Waals surface area contributed by atoms with Gasteiger partial charge in [0, 0.05) is 6.07 Å². The Morgan fingerprint density at radius 1 is 1.11 bits per heavy atom. The van der Waals surface area contributed by atoms with Crippen LogP contribution in [0.25, 0.3) is 11.0 Å². The van der Waals surface area contributed by atoms with Gasteiger partial charge in [0.2, 0.25) is 10.9 Å². The van der Waals surface area contributed by atoms with Crippen LogP contribution in [0, 0.1) is 0 Å². The normalized spacial score (nSPS) is 14.9. The van der Waals surface area contributed by atoms with Crippen molar-refractivity contribution in [1.82, 2.24) is 10.2 Å². The van der Waals surface area contributed by atoms with E-state index in [2.05, 4.69) is 10.2 Å². The highest BCUT2D eigenvalue weighted by Crippen LogP contribution is 2.42. The lowest BCUT2D eigenvalue weighted by atomic mass is 9.97. The molecule has 0 bridgehead atoms. The summed E-state index contributed by atoms with van der Waals surface area (Å²) in [6, 6.07) is 10.7. The van der Waals surface area contributed by atoms with Crippen LogP contribution in [0.4, 0.5) is 5.13 Å². The van der Waals surface area contributed by atoms with Crippen LogP contribution < -0.4 is 15.1 Å². The van der Waals surface area contributed by atoms with Gasteiger partial charge in [-0.05, 0) is 43.2 Å². The number of methoxy groups -OCH3 is 1. The van der Waals surface area contributed by atoms with Gasteiger partial charge in [-0.15, -0.1) is 10.2 Å². The number of nitrogens with zero attached hydrogens (tertiary/aromatic N) is 3. The lowest BCUT2D eigenvalue weighted by molar-refractivity contribution is 0.0600. The van der Waals surface area contributed by atoms with Gasteiger partial charge >= 0.3 is 5.97 Å². The van der Waals surface area contributed by atoms with E-state index in [0.717, 1.165) is 5.01 Å². The molecule has 2 aromatic carbocycles. The molecule has 1 amide bonds. The molecule has 5 rings (SSSR count). The second kappa shape index (κ2) is 8.95. The molecule has 0 radical (unpaired) electrons. The Morgan fingerprint density at radius 2 is 1.89 bits per heavy atom. The molecule has 1 aliphatic heterocycles. The number of ether oxygens (including phenoxy) is 2. The number of benzene rings is 2. The molecule has 0 N–H and O–H groups in total. The second-order valence-corrected chi connectivity index (χ2v) is 8.83. The molecule has 0 spiro atoms. The molecule has 0 saturated carbocycles. The Morgan fingerprint density at radius 3 is 2.54 bits per heavy atom. The number of carbonyl (C=O) groups is 2. The average molecular weight is 492 g/mol. The van der Waals surface area contributed by atoms with Gasteiger partial charge in [-0.2, -0.15) is 0 Å². The van der Waals surface area contributed by atoms with Crippen molar-refractivity contribution in [2.75, 3.05) is 18.6 Å². The van der Waals surface area contributed by atoms with E-state index in [-0.39, 0.29) is 22.3 Å². The average Bonchev–Trinajstić information content (AvgIpc) is 3.46. The van der Waals surface area contributed by atoms with Gasteiger partial charge in [0.15, 0.2) is 5.43 Å². The van der Waals surface area contributed by atoms with Gasteiger partial charge in [0.1, 0.15) is 16.3 Å². The first-order valence-electron chi connectivity index (χ1n) is 11.0. The van der Waals surface area contributed by atoms with E-state index in [1.807, 2.05) is 13.8 Å². The zero-order chi connectivity index (χ0) is 24.7. The summed E-state index contributed by atoms with van der Waals surface area (Å²) in [7, 11) is 1.30. The van der Waals surface area contributed by atoms with Crippen LogP contribution in [0.5, 0.6) is 5.75 Å². The van der Waals surface area contributed by atoms with Gasteiger partial charge in [0.25, 0.3) is 5.91 Å². The Labute approximate surface area is 203 Å². The third-order valence-electron chi connectivity index (χ3n) is 5.77. The van der Waals surface area contributed by atoms with Crippen LogP contribution >= 0.6 is 11.3 Å². The Bertz CT molecular complexity index is 1510. The summed E-state index contributed by atoms with van der Waals surface area (Å²) in [5.41, 5.74) is 1.13. The molecular formula is C25H21N3O6S. The fourth-order valence-corrected chi connectivity index (χ4v) is 4.93. The lowest BCUT2D eigenvalue weighted by Gasteiger charge is -2.22. The molecule has 2 aromatic heterocycles. The van der Waals surface area contributed by atoms with Crippen molar-refractivity contribution >= 4 is 39.3 Å². The molecule has 1 unspecified atom stereocenters. The molecular weight excluding hydrogens is 470 g/mol. The van der Waals surface area contributed by atoms with Crippen molar-refractivity contribution in [2.45, 2.75) is 26.3 Å². The van der Waals surface area contributed by atoms with E-state index in [4.69, 9.17) is 13.9 Å². The van der Waals surface area contributed by atoms with Crippen molar-refractivity contribution in [2.24, 2.45) is 0 Å². The minimum absolute atomic E-state index is 0.0496. The number of hydrogen-bond acceptors (Lipinski definition) is 9. The van der Waals surface area contributed by atoms with Gasteiger partial charge in [-0.3, -0.25) is 14.5 Å². The number of anilines is 1. The summed E-state index contributed by atoms with van der Waals surface area (Å²) in [5.74, 6) is -0.478. The number of carbonyl (C=O) groups excluding carboxylic acids is 2. The maximum absolute atomic E-state index is 13.7. The minimum Gasteiger partial charge on any atom is -0.494 e. The molecule has 35 heavy (non-hydrogen) atoms. The summed E-state index contributed by atoms with van der Waals surface area (Å²) in [4.78, 5) is 40.7. The highest BCUT2D eigenvalue weighted by molar-refractivity contribution is 7.15. The zero-order valence-electron chi connectivity index (χ0n) is 19.2. The molecule has 0 aliphatic carbocycles. The van der Waals surface area contributed by atoms with Crippen LogP contribution in [0.1, 0.15) is 56.9 Å². The van der Waals surface area contributed by atoms with E-state index < -0.39 is 17.9 Å². The minimum atomic E-state index is -0.797. The molecule has 1 aliphatic rings. The molecule has 1 atom stereocenters. The highest BCUT2D eigenvalue weighted by atomic mass is 32.1. The molecule has 0 saturated heterocycles. The fourth-order valence-electron chi connectivity index (χ4n) is 4.12. The number of rotatable bonds is 6. The van der Waals surface area contributed by atoms with Crippen LogP contribution in [0.3, 0.4) is 0 Å². The first kappa shape index (κ1) is 22.7. The summed E-state index contributed by atoms with van der Waals surface area (Å²) in [5, 5.41) is 9.82. The standard InChI is InChI=1S/C25H21N3O6S/c1-4-18-26-27-25(35-18)28-20(13-6-8-14(9-7-13)24(31)32-3)19-21(29)16-11-10-15(33-5-2)12-17(16)34-22(19)23(28)30/h6-12,20H,4-5H2,1-3H3. The quantitative estimate of drug-likeness (QED) is 0.370.